The third kappa shape index (κ3) is 3.32. The first-order valence-corrected chi connectivity index (χ1v) is 6.47. The Hall–Kier alpha value is -1.36. The lowest BCUT2D eigenvalue weighted by Crippen LogP contribution is -2.32. The Morgan fingerprint density at radius 2 is 2.00 bits per heavy atom. The largest absolute Gasteiger partial charge is 0.396 e. The summed E-state index contributed by atoms with van der Waals surface area (Å²) in [4.78, 5) is 8.53. The molecule has 0 bridgehead atoms. The van der Waals surface area contributed by atoms with Crippen LogP contribution in [0.4, 0.5) is 11.8 Å². The second kappa shape index (κ2) is 6.54. The molecule has 1 rings (SSSR count). The van der Waals surface area contributed by atoms with Crippen molar-refractivity contribution in [2.24, 2.45) is 5.41 Å². The first-order valence-electron chi connectivity index (χ1n) is 6.47. The van der Waals surface area contributed by atoms with E-state index in [2.05, 4.69) is 34.4 Å². The molecule has 18 heavy (non-hydrogen) atoms. The average molecular weight is 252 g/mol. The summed E-state index contributed by atoms with van der Waals surface area (Å²) in [6.45, 7) is 7.09. The van der Waals surface area contributed by atoms with Gasteiger partial charge in [0.05, 0.1) is 6.61 Å². The summed E-state index contributed by atoms with van der Waals surface area (Å²) in [6, 6.07) is 0. The number of aliphatic hydroxyl groups is 1. The molecule has 0 saturated heterocycles. The molecule has 0 aromatic carbocycles. The minimum Gasteiger partial charge on any atom is -0.396 e. The molecule has 0 saturated carbocycles. The summed E-state index contributed by atoms with van der Waals surface area (Å²) in [7, 11) is 1.80. The Morgan fingerprint density at radius 3 is 2.50 bits per heavy atom. The molecule has 0 unspecified atom stereocenters. The van der Waals surface area contributed by atoms with E-state index < -0.39 is 0 Å². The third-order valence-corrected chi connectivity index (χ3v) is 3.66. The number of hydrogen-bond acceptors (Lipinski definition) is 5. The molecule has 1 aromatic heterocycles. The molecule has 1 heterocycles. The monoisotopic (exact) mass is 252 g/mol. The molecule has 3 N–H and O–H groups in total. The maximum Gasteiger partial charge on any atom is 0.224 e. The SMILES string of the molecule is CCC(CC)(CO)CNc1nc(NC)ncc1C. The van der Waals surface area contributed by atoms with E-state index in [1.54, 1.807) is 13.2 Å². The van der Waals surface area contributed by atoms with Crippen LogP contribution >= 0.6 is 0 Å². The fourth-order valence-corrected chi connectivity index (χ4v) is 1.79. The van der Waals surface area contributed by atoms with Gasteiger partial charge in [0.25, 0.3) is 0 Å². The van der Waals surface area contributed by atoms with Gasteiger partial charge in [-0.2, -0.15) is 4.98 Å². The van der Waals surface area contributed by atoms with E-state index in [1.807, 2.05) is 6.92 Å². The Kier molecular flexibility index (Phi) is 5.34. The molecular formula is C13H24N4O. The first-order chi connectivity index (χ1) is 8.60. The molecule has 0 fully saturated rings. The lowest BCUT2D eigenvalue weighted by molar-refractivity contribution is 0.127. The van der Waals surface area contributed by atoms with Gasteiger partial charge in [0, 0.05) is 30.8 Å². The van der Waals surface area contributed by atoms with Crippen LogP contribution in [0.25, 0.3) is 0 Å². The number of aliphatic hydroxyl groups excluding tert-OH is 1. The van der Waals surface area contributed by atoms with E-state index >= 15 is 0 Å². The molecule has 1 aromatic rings. The molecule has 5 heteroatoms. The van der Waals surface area contributed by atoms with Crippen molar-refractivity contribution in [3.63, 3.8) is 0 Å². The summed E-state index contributed by atoms with van der Waals surface area (Å²) in [6.07, 6.45) is 3.67. The van der Waals surface area contributed by atoms with Gasteiger partial charge in [-0.05, 0) is 19.8 Å². The van der Waals surface area contributed by atoms with E-state index in [9.17, 15) is 5.11 Å². The van der Waals surface area contributed by atoms with E-state index in [4.69, 9.17) is 0 Å². The van der Waals surface area contributed by atoms with Crippen LogP contribution in [0, 0.1) is 12.3 Å². The smallest absolute Gasteiger partial charge is 0.224 e. The maximum atomic E-state index is 9.54. The van der Waals surface area contributed by atoms with Gasteiger partial charge in [0.15, 0.2) is 0 Å². The van der Waals surface area contributed by atoms with Crippen LogP contribution in [-0.4, -0.2) is 35.3 Å². The minimum absolute atomic E-state index is 0.0722. The highest BCUT2D eigenvalue weighted by Gasteiger charge is 2.25. The molecule has 0 aliphatic heterocycles. The zero-order valence-electron chi connectivity index (χ0n) is 11.7. The summed E-state index contributed by atoms with van der Waals surface area (Å²) in [5.41, 5.74) is 0.935. The minimum atomic E-state index is -0.0722. The number of anilines is 2. The van der Waals surface area contributed by atoms with Crippen LogP contribution in [0.5, 0.6) is 0 Å². The van der Waals surface area contributed by atoms with Crippen LogP contribution in [-0.2, 0) is 0 Å². The number of nitrogens with zero attached hydrogens (tertiary/aromatic N) is 2. The van der Waals surface area contributed by atoms with Gasteiger partial charge >= 0.3 is 0 Å². The highest BCUT2D eigenvalue weighted by Crippen LogP contribution is 2.26. The summed E-state index contributed by atoms with van der Waals surface area (Å²) in [5.74, 6) is 1.43. The quantitative estimate of drug-likeness (QED) is 0.692. The molecule has 0 aliphatic rings. The van der Waals surface area contributed by atoms with E-state index in [1.165, 1.54) is 0 Å². The second-order valence-electron chi connectivity index (χ2n) is 4.69. The second-order valence-corrected chi connectivity index (χ2v) is 4.69. The van der Waals surface area contributed by atoms with E-state index in [0.717, 1.165) is 30.8 Å². The predicted octanol–water partition coefficient (Wildman–Crippen LogP) is 2.04. The molecule has 0 amide bonds. The maximum absolute atomic E-state index is 9.54. The Morgan fingerprint density at radius 1 is 1.33 bits per heavy atom. The normalized spacial score (nSPS) is 11.4. The predicted molar refractivity (Wildman–Crippen MR) is 74.9 cm³/mol. The van der Waals surface area contributed by atoms with Crippen molar-refractivity contribution in [1.82, 2.24) is 9.97 Å². The lowest BCUT2D eigenvalue weighted by atomic mass is 9.83. The van der Waals surface area contributed by atoms with E-state index in [0.29, 0.717) is 5.95 Å². The zero-order valence-corrected chi connectivity index (χ0v) is 11.7. The Bertz CT molecular complexity index is 369. The van der Waals surface area contributed by atoms with Gasteiger partial charge in [-0.3, -0.25) is 0 Å². The standard InChI is InChI=1S/C13H24N4O/c1-5-13(6-2,9-18)8-16-11-10(3)7-15-12(14-4)17-11/h7,18H,5-6,8-9H2,1-4H3,(H2,14,15,16,17). The van der Waals surface area contributed by atoms with Crippen molar-refractivity contribution >= 4 is 11.8 Å². The van der Waals surface area contributed by atoms with Crippen molar-refractivity contribution in [2.75, 3.05) is 30.8 Å². The zero-order chi connectivity index (χ0) is 13.6. The van der Waals surface area contributed by atoms with E-state index in [-0.39, 0.29) is 12.0 Å². The third-order valence-electron chi connectivity index (χ3n) is 3.66. The average Bonchev–Trinajstić information content (AvgIpc) is 2.42. The van der Waals surface area contributed by atoms with Crippen LogP contribution in [0.2, 0.25) is 0 Å². The fourth-order valence-electron chi connectivity index (χ4n) is 1.79. The van der Waals surface area contributed by atoms with Crippen LogP contribution < -0.4 is 10.6 Å². The van der Waals surface area contributed by atoms with Gasteiger partial charge in [0.1, 0.15) is 5.82 Å². The Balaban J connectivity index is 2.78. The van der Waals surface area contributed by atoms with Crippen molar-refractivity contribution in [3.8, 4) is 0 Å². The van der Waals surface area contributed by atoms with Crippen molar-refractivity contribution < 1.29 is 5.11 Å². The highest BCUT2D eigenvalue weighted by atomic mass is 16.3. The fraction of sp³-hybridized carbons (Fsp3) is 0.692. The first kappa shape index (κ1) is 14.7. The van der Waals surface area contributed by atoms with Crippen molar-refractivity contribution in [3.05, 3.63) is 11.8 Å². The highest BCUT2D eigenvalue weighted by molar-refractivity contribution is 5.46. The van der Waals surface area contributed by atoms with Crippen molar-refractivity contribution in [2.45, 2.75) is 33.6 Å². The summed E-state index contributed by atoms with van der Waals surface area (Å²) >= 11 is 0. The van der Waals surface area contributed by atoms with Gasteiger partial charge < -0.3 is 15.7 Å². The molecule has 0 atom stereocenters. The number of aromatic nitrogens is 2. The van der Waals surface area contributed by atoms with Gasteiger partial charge in [-0.15, -0.1) is 0 Å². The van der Waals surface area contributed by atoms with Gasteiger partial charge in [0.2, 0.25) is 5.95 Å². The van der Waals surface area contributed by atoms with Gasteiger partial charge in [-0.25, -0.2) is 4.98 Å². The van der Waals surface area contributed by atoms with Crippen LogP contribution in [0.15, 0.2) is 6.20 Å². The van der Waals surface area contributed by atoms with Crippen LogP contribution in [0.1, 0.15) is 32.3 Å². The lowest BCUT2D eigenvalue weighted by Gasteiger charge is -2.30. The molecule has 0 spiro atoms. The van der Waals surface area contributed by atoms with Crippen LogP contribution in [0.3, 0.4) is 0 Å². The molecule has 0 aliphatic carbocycles. The Labute approximate surface area is 109 Å². The molecular weight excluding hydrogens is 228 g/mol. The topological polar surface area (TPSA) is 70.1 Å². The number of aryl methyl sites for hydroxylation is 1. The summed E-state index contributed by atoms with van der Waals surface area (Å²) < 4.78 is 0. The number of hydrogen-bond donors (Lipinski definition) is 3. The molecule has 0 radical (unpaired) electrons. The molecule has 102 valence electrons. The van der Waals surface area contributed by atoms with Gasteiger partial charge in [-0.1, -0.05) is 13.8 Å². The summed E-state index contributed by atoms with van der Waals surface area (Å²) in [5, 5.41) is 15.8. The number of nitrogens with one attached hydrogen (secondary N) is 2. The van der Waals surface area contributed by atoms with Crippen molar-refractivity contribution in [1.29, 1.82) is 0 Å². The molecule has 5 nitrogen and oxygen atoms in total. The number of rotatable bonds is 7.